The molecular weight excluding hydrogens is 364 g/mol. The third-order valence-corrected chi connectivity index (χ3v) is 4.30. The van der Waals surface area contributed by atoms with Crippen molar-refractivity contribution in [3.8, 4) is 0 Å². The summed E-state index contributed by atoms with van der Waals surface area (Å²) < 4.78 is 1.06. The van der Waals surface area contributed by atoms with Crippen molar-refractivity contribution >= 4 is 34.2 Å². The molecule has 0 aliphatic carbocycles. The van der Waals surface area contributed by atoms with Gasteiger partial charge in [-0.3, -0.25) is 4.79 Å². The SMILES string of the molecule is CCC(Cc1cccc(Br)c1)C(=O)N(C)CC(C)(C)CN.Cl. The zero-order valence-corrected chi connectivity index (χ0v) is 16.3. The van der Waals surface area contributed by atoms with Gasteiger partial charge in [0.15, 0.2) is 0 Å². The van der Waals surface area contributed by atoms with Crippen LogP contribution >= 0.6 is 28.3 Å². The van der Waals surface area contributed by atoms with Crippen LogP contribution in [0.5, 0.6) is 0 Å². The number of rotatable bonds is 7. The van der Waals surface area contributed by atoms with E-state index in [9.17, 15) is 4.79 Å². The van der Waals surface area contributed by atoms with E-state index in [1.807, 2.05) is 24.1 Å². The molecule has 22 heavy (non-hydrogen) atoms. The lowest BCUT2D eigenvalue weighted by molar-refractivity contribution is -0.135. The maximum absolute atomic E-state index is 12.6. The third kappa shape index (κ3) is 6.67. The molecule has 1 rings (SSSR count). The van der Waals surface area contributed by atoms with Gasteiger partial charge in [-0.25, -0.2) is 0 Å². The Kier molecular flexibility index (Phi) is 9.28. The van der Waals surface area contributed by atoms with E-state index in [0.717, 1.165) is 17.3 Å². The number of carbonyl (C=O) groups excluding carboxylic acids is 1. The van der Waals surface area contributed by atoms with Crippen molar-refractivity contribution in [1.82, 2.24) is 4.90 Å². The van der Waals surface area contributed by atoms with Gasteiger partial charge in [-0.15, -0.1) is 12.4 Å². The molecule has 0 bridgehead atoms. The summed E-state index contributed by atoms with van der Waals surface area (Å²) in [6.07, 6.45) is 1.63. The van der Waals surface area contributed by atoms with Gasteiger partial charge in [0, 0.05) is 24.0 Å². The predicted octanol–water partition coefficient (Wildman–Crippen LogP) is 3.88. The van der Waals surface area contributed by atoms with E-state index in [1.54, 1.807) is 0 Å². The molecule has 1 atom stereocenters. The van der Waals surface area contributed by atoms with Crippen LogP contribution in [0.3, 0.4) is 0 Å². The van der Waals surface area contributed by atoms with E-state index in [1.165, 1.54) is 5.56 Å². The Morgan fingerprint density at radius 2 is 2.05 bits per heavy atom. The highest BCUT2D eigenvalue weighted by Gasteiger charge is 2.25. The van der Waals surface area contributed by atoms with Gasteiger partial charge in [0.2, 0.25) is 5.91 Å². The second-order valence-corrected chi connectivity index (χ2v) is 7.42. The number of hydrogen-bond donors (Lipinski definition) is 1. The molecule has 0 aromatic heterocycles. The molecule has 1 aromatic carbocycles. The van der Waals surface area contributed by atoms with E-state index in [4.69, 9.17) is 5.73 Å². The molecule has 2 N–H and O–H groups in total. The highest BCUT2D eigenvalue weighted by Crippen LogP contribution is 2.20. The first-order valence-electron chi connectivity index (χ1n) is 7.48. The summed E-state index contributed by atoms with van der Waals surface area (Å²) in [6, 6.07) is 8.17. The minimum absolute atomic E-state index is 0. The molecule has 5 heteroatoms. The van der Waals surface area contributed by atoms with E-state index in [0.29, 0.717) is 13.1 Å². The quantitative estimate of drug-likeness (QED) is 0.766. The monoisotopic (exact) mass is 390 g/mol. The number of nitrogens with zero attached hydrogens (tertiary/aromatic N) is 1. The molecule has 0 aliphatic heterocycles. The van der Waals surface area contributed by atoms with Gasteiger partial charge in [0.25, 0.3) is 0 Å². The lowest BCUT2D eigenvalue weighted by Crippen LogP contribution is -2.42. The average Bonchev–Trinajstić information content (AvgIpc) is 2.43. The standard InChI is InChI=1S/C17H27BrN2O.ClH/c1-5-14(9-13-7-6-8-15(18)10-13)16(21)20(4)12-17(2,3)11-19;/h6-8,10,14H,5,9,11-12,19H2,1-4H3;1H. The average molecular weight is 392 g/mol. The fourth-order valence-electron chi connectivity index (χ4n) is 2.45. The number of halogens is 2. The Morgan fingerprint density at radius 1 is 1.41 bits per heavy atom. The fourth-order valence-corrected chi connectivity index (χ4v) is 2.90. The molecule has 3 nitrogen and oxygen atoms in total. The fraction of sp³-hybridized carbons (Fsp3) is 0.588. The summed E-state index contributed by atoms with van der Waals surface area (Å²) in [5, 5.41) is 0. The van der Waals surface area contributed by atoms with Crippen molar-refractivity contribution in [2.24, 2.45) is 17.1 Å². The summed E-state index contributed by atoms with van der Waals surface area (Å²) in [5.74, 6) is 0.233. The first-order chi connectivity index (χ1) is 9.79. The minimum atomic E-state index is -0.0432. The zero-order valence-electron chi connectivity index (χ0n) is 13.9. The van der Waals surface area contributed by atoms with Crippen LogP contribution in [0.2, 0.25) is 0 Å². The topological polar surface area (TPSA) is 46.3 Å². The van der Waals surface area contributed by atoms with Crippen LogP contribution in [0.25, 0.3) is 0 Å². The number of carbonyl (C=O) groups is 1. The lowest BCUT2D eigenvalue weighted by atomic mass is 9.91. The van der Waals surface area contributed by atoms with Gasteiger partial charge >= 0.3 is 0 Å². The van der Waals surface area contributed by atoms with E-state index in [2.05, 4.69) is 48.8 Å². The molecule has 126 valence electrons. The van der Waals surface area contributed by atoms with Crippen LogP contribution in [0.4, 0.5) is 0 Å². The molecular formula is C17H28BrClN2O. The predicted molar refractivity (Wildman–Crippen MR) is 99.3 cm³/mol. The molecule has 1 amide bonds. The second-order valence-electron chi connectivity index (χ2n) is 6.50. The Balaban J connectivity index is 0.00000441. The highest BCUT2D eigenvalue weighted by molar-refractivity contribution is 9.10. The van der Waals surface area contributed by atoms with Gasteiger partial charge in [0.1, 0.15) is 0 Å². The molecule has 0 saturated carbocycles. The van der Waals surface area contributed by atoms with Gasteiger partial charge in [-0.2, -0.15) is 0 Å². The van der Waals surface area contributed by atoms with Crippen molar-refractivity contribution in [2.75, 3.05) is 20.1 Å². The molecule has 0 radical (unpaired) electrons. The van der Waals surface area contributed by atoms with E-state index < -0.39 is 0 Å². The molecule has 0 spiro atoms. The number of benzene rings is 1. The number of hydrogen-bond acceptors (Lipinski definition) is 2. The summed E-state index contributed by atoms with van der Waals surface area (Å²) in [4.78, 5) is 14.5. The van der Waals surface area contributed by atoms with Crippen molar-refractivity contribution in [1.29, 1.82) is 0 Å². The van der Waals surface area contributed by atoms with Crippen LogP contribution in [-0.4, -0.2) is 30.9 Å². The number of nitrogens with two attached hydrogens (primary N) is 1. The minimum Gasteiger partial charge on any atom is -0.345 e. The molecule has 1 aromatic rings. The van der Waals surface area contributed by atoms with Crippen LogP contribution in [0.15, 0.2) is 28.7 Å². The summed E-state index contributed by atoms with van der Waals surface area (Å²) >= 11 is 3.48. The lowest BCUT2D eigenvalue weighted by Gasteiger charge is -2.31. The van der Waals surface area contributed by atoms with Crippen LogP contribution in [0.1, 0.15) is 32.8 Å². The first-order valence-corrected chi connectivity index (χ1v) is 8.28. The summed E-state index contributed by atoms with van der Waals surface area (Å²) in [5.41, 5.74) is 6.91. The van der Waals surface area contributed by atoms with E-state index >= 15 is 0 Å². The molecule has 0 aliphatic rings. The smallest absolute Gasteiger partial charge is 0.225 e. The molecule has 0 heterocycles. The van der Waals surface area contributed by atoms with Crippen LogP contribution in [-0.2, 0) is 11.2 Å². The van der Waals surface area contributed by atoms with Crippen LogP contribution in [0, 0.1) is 11.3 Å². The third-order valence-electron chi connectivity index (χ3n) is 3.81. The summed E-state index contributed by atoms with van der Waals surface area (Å²) in [6.45, 7) is 7.52. The van der Waals surface area contributed by atoms with Crippen molar-refractivity contribution < 1.29 is 4.79 Å². The second kappa shape index (κ2) is 9.53. The van der Waals surface area contributed by atoms with Crippen molar-refractivity contribution in [3.63, 3.8) is 0 Å². The van der Waals surface area contributed by atoms with Crippen LogP contribution < -0.4 is 5.73 Å². The van der Waals surface area contributed by atoms with E-state index in [-0.39, 0.29) is 29.6 Å². The van der Waals surface area contributed by atoms with Crippen molar-refractivity contribution in [3.05, 3.63) is 34.3 Å². The normalized spacial score (nSPS) is 12.5. The van der Waals surface area contributed by atoms with Gasteiger partial charge < -0.3 is 10.6 Å². The Hall–Kier alpha value is -0.580. The first kappa shape index (κ1) is 21.4. The molecule has 0 saturated heterocycles. The Bertz CT molecular complexity index is 479. The van der Waals surface area contributed by atoms with Gasteiger partial charge in [-0.1, -0.05) is 48.8 Å². The molecule has 0 fully saturated rings. The van der Waals surface area contributed by atoms with Gasteiger partial charge in [0.05, 0.1) is 0 Å². The Morgan fingerprint density at radius 3 is 2.55 bits per heavy atom. The zero-order chi connectivity index (χ0) is 16.0. The highest BCUT2D eigenvalue weighted by atomic mass is 79.9. The summed E-state index contributed by atoms with van der Waals surface area (Å²) in [7, 11) is 1.88. The van der Waals surface area contributed by atoms with Gasteiger partial charge in [-0.05, 0) is 42.5 Å². The largest absolute Gasteiger partial charge is 0.345 e. The molecule has 1 unspecified atom stereocenters. The maximum atomic E-state index is 12.6. The number of amides is 1. The maximum Gasteiger partial charge on any atom is 0.225 e. The Labute approximate surface area is 149 Å². The van der Waals surface area contributed by atoms with Crippen molar-refractivity contribution in [2.45, 2.75) is 33.6 Å².